The largest absolute Gasteiger partial charge is 0.377 e. The maximum Gasteiger partial charge on any atom is 0.279 e. The van der Waals surface area contributed by atoms with Crippen LogP contribution < -0.4 is 4.72 Å². The van der Waals surface area contributed by atoms with Crippen molar-refractivity contribution in [1.29, 1.82) is 0 Å². The highest BCUT2D eigenvalue weighted by Crippen LogP contribution is 2.52. The van der Waals surface area contributed by atoms with Crippen LogP contribution in [-0.4, -0.2) is 38.5 Å². The van der Waals surface area contributed by atoms with Gasteiger partial charge in [0.2, 0.25) is 0 Å². The Hall–Kier alpha value is -0.730. The lowest BCUT2D eigenvalue weighted by Gasteiger charge is -2.54. The van der Waals surface area contributed by atoms with E-state index >= 15 is 0 Å². The molecule has 3 unspecified atom stereocenters. The summed E-state index contributed by atoms with van der Waals surface area (Å²) in [5, 5.41) is 0.213. The van der Waals surface area contributed by atoms with E-state index in [9.17, 15) is 12.8 Å². The van der Waals surface area contributed by atoms with Crippen LogP contribution in [-0.2, 0) is 21.5 Å². The summed E-state index contributed by atoms with van der Waals surface area (Å²) in [5.41, 5.74) is -0.0907. The summed E-state index contributed by atoms with van der Waals surface area (Å²) in [5.74, 6) is -0.321. The van der Waals surface area contributed by atoms with Gasteiger partial charge in [-0.1, -0.05) is 31.5 Å². The second-order valence-electron chi connectivity index (χ2n) is 7.12. The molecule has 1 heterocycles. The van der Waals surface area contributed by atoms with Gasteiger partial charge in [-0.25, -0.2) is 4.39 Å². The van der Waals surface area contributed by atoms with Crippen molar-refractivity contribution in [1.82, 2.24) is 9.03 Å². The molecule has 5 nitrogen and oxygen atoms in total. The lowest BCUT2D eigenvalue weighted by molar-refractivity contribution is -0.105. The van der Waals surface area contributed by atoms with E-state index in [0.29, 0.717) is 6.61 Å². The van der Waals surface area contributed by atoms with Gasteiger partial charge in [-0.3, -0.25) is 0 Å². The Morgan fingerprint density at radius 2 is 2.17 bits per heavy atom. The highest BCUT2D eigenvalue weighted by molar-refractivity contribution is 7.87. The minimum absolute atomic E-state index is 0.0940. The second kappa shape index (κ2) is 6.21. The first-order valence-electron chi connectivity index (χ1n) is 7.92. The summed E-state index contributed by atoms with van der Waals surface area (Å²) >= 11 is 5.99. The zero-order chi connectivity index (χ0) is 17.7. The average molecular weight is 377 g/mol. The summed E-state index contributed by atoms with van der Waals surface area (Å²) in [6, 6.07) is 4.12. The molecule has 1 aromatic rings. The molecule has 0 aromatic heterocycles. The van der Waals surface area contributed by atoms with Crippen LogP contribution in [0.1, 0.15) is 25.8 Å². The van der Waals surface area contributed by atoms with Crippen molar-refractivity contribution in [3.8, 4) is 0 Å². The van der Waals surface area contributed by atoms with Crippen molar-refractivity contribution >= 4 is 21.8 Å². The second-order valence-corrected chi connectivity index (χ2v) is 9.34. The lowest BCUT2D eigenvalue weighted by atomic mass is 9.58. The SMILES string of the molecule is CN(Cc1c(F)cccc1Cl)S(=O)(=O)NC1C2CCOC2C1(C)C. The molecule has 2 aliphatic rings. The fourth-order valence-electron chi connectivity index (χ4n) is 3.80. The topological polar surface area (TPSA) is 58.6 Å². The van der Waals surface area contributed by atoms with E-state index in [1.54, 1.807) is 6.07 Å². The quantitative estimate of drug-likeness (QED) is 0.859. The lowest BCUT2D eigenvalue weighted by Crippen LogP contribution is -2.67. The van der Waals surface area contributed by atoms with Crippen LogP contribution >= 0.6 is 11.6 Å². The predicted molar refractivity (Wildman–Crippen MR) is 90.3 cm³/mol. The number of rotatable bonds is 5. The van der Waals surface area contributed by atoms with Gasteiger partial charge >= 0.3 is 0 Å². The Bertz CT molecular complexity index is 721. The summed E-state index contributed by atoms with van der Waals surface area (Å²) in [4.78, 5) is 0. The average Bonchev–Trinajstić information content (AvgIpc) is 2.96. The van der Waals surface area contributed by atoms with Gasteiger partial charge in [-0.05, 0) is 18.6 Å². The van der Waals surface area contributed by atoms with Gasteiger partial charge < -0.3 is 4.74 Å². The Morgan fingerprint density at radius 3 is 2.83 bits per heavy atom. The minimum Gasteiger partial charge on any atom is -0.377 e. The third-order valence-electron chi connectivity index (χ3n) is 5.23. The molecule has 1 N–H and O–H groups in total. The van der Waals surface area contributed by atoms with Crippen LogP contribution in [0.15, 0.2) is 18.2 Å². The number of nitrogens with one attached hydrogen (secondary N) is 1. The summed E-state index contributed by atoms with van der Waals surface area (Å²) in [6.45, 7) is 4.54. The molecule has 1 aliphatic heterocycles. The monoisotopic (exact) mass is 376 g/mol. The Morgan fingerprint density at radius 1 is 1.46 bits per heavy atom. The fraction of sp³-hybridized carbons (Fsp3) is 0.625. The molecule has 1 saturated carbocycles. The summed E-state index contributed by atoms with van der Waals surface area (Å²) < 4.78 is 48.7. The zero-order valence-electron chi connectivity index (χ0n) is 13.9. The van der Waals surface area contributed by atoms with E-state index in [1.807, 2.05) is 13.8 Å². The van der Waals surface area contributed by atoms with Crippen LogP contribution in [0.3, 0.4) is 0 Å². The molecular formula is C16H22ClFN2O3S. The molecule has 8 heteroatoms. The molecular weight excluding hydrogens is 355 g/mol. The van der Waals surface area contributed by atoms with E-state index in [1.165, 1.54) is 19.2 Å². The molecule has 3 rings (SSSR count). The number of ether oxygens (including phenoxy) is 1. The van der Waals surface area contributed by atoms with Crippen LogP contribution in [0.4, 0.5) is 4.39 Å². The highest BCUT2D eigenvalue weighted by Gasteiger charge is 2.60. The maximum atomic E-state index is 13.9. The van der Waals surface area contributed by atoms with Gasteiger partial charge in [0.25, 0.3) is 10.2 Å². The zero-order valence-corrected chi connectivity index (χ0v) is 15.5. The van der Waals surface area contributed by atoms with Gasteiger partial charge in [0.1, 0.15) is 5.82 Å². The van der Waals surface area contributed by atoms with E-state index in [4.69, 9.17) is 16.3 Å². The van der Waals surface area contributed by atoms with Crippen molar-refractivity contribution in [3.05, 3.63) is 34.6 Å². The van der Waals surface area contributed by atoms with Gasteiger partial charge in [0, 0.05) is 48.2 Å². The third-order valence-corrected chi connectivity index (χ3v) is 7.08. The third kappa shape index (κ3) is 2.97. The first-order valence-corrected chi connectivity index (χ1v) is 9.74. The normalized spacial score (nSPS) is 28.7. The first kappa shape index (κ1) is 18.1. The first-order chi connectivity index (χ1) is 11.1. The highest BCUT2D eigenvalue weighted by atomic mass is 35.5. The molecule has 3 atom stereocenters. The fourth-order valence-corrected chi connectivity index (χ4v) is 5.31. The Labute approximate surface area is 147 Å². The van der Waals surface area contributed by atoms with Gasteiger partial charge in [0.15, 0.2) is 0 Å². The van der Waals surface area contributed by atoms with Crippen molar-refractivity contribution in [2.45, 2.75) is 39.0 Å². The van der Waals surface area contributed by atoms with Crippen molar-refractivity contribution < 1.29 is 17.5 Å². The maximum absolute atomic E-state index is 13.9. The van der Waals surface area contributed by atoms with E-state index in [-0.39, 0.29) is 40.6 Å². The molecule has 1 saturated heterocycles. The number of fused-ring (bicyclic) bond motifs is 1. The number of hydrogen-bond donors (Lipinski definition) is 1. The minimum atomic E-state index is -3.76. The van der Waals surface area contributed by atoms with Crippen molar-refractivity contribution in [3.63, 3.8) is 0 Å². The molecule has 1 aromatic carbocycles. The summed E-state index contributed by atoms with van der Waals surface area (Å²) in [7, 11) is -2.34. The van der Waals surface area contributed by atoms with Crippen molar-refractivity contribution in [2.24, 2.45) is 11.3 Å². The van der Waals surface area contributed by atoms with Crippen LogP contribution in [0.25, 0.3) is 0 Å². The van der Waals surface area contributed by atoms with Gasteiger partial charge in [-0.15, -0.1) is 0 Å². The molecule has 134 valence electrons. The standard InChI is InChI=1S/C16H22ClFN2O3S/c1-16(2)14(10-7-8-23-15(10)16)19-24(21,22)20(3)9-11-12(17)5-4-6-13(11)18/h4-6,10,14-15,19H,7-9H2,1-3H3. The summed E-state index contributed by atoms with van der Waals surface area (Å²) in [6.07, 6.45) is 0.945. The number of halogens is 2. The molecule has 2 fully saturated rings. The Kier molecular flexibility index (Phi) is 4.68. The molecule has 1 aliphatic carbocycles. The molecule has 0 bridgehead atoms. The smallest absolute Gasteiger partial charge is 0.279 e. The number of nitrogens with zero attached hydrogens (tertiary/aromatic N) is 1. The molecule has 0 amide bonds. The van der Waals surface area contributed by atoms with Crippen LogP contribution in [0, 0.1) is 17.2 Å². The Balaban J connectivity index is 1.74. The number of hydrogen-bond acceptors (Lipinski definition) is 3. The van der Waals surface area contributed by atoms with Crippen LogP contribution in [0.2, 0.25) is 5.02 Å². The molecule has 0 spiro atoms. The van der Waals surface area contributed by atoms with E-state index < -0.39 is 16.0 Å². The van der Waals surface area contributed by atoms with E-state index in [2.05, 4.69) is 4.72 Å². The number of benzene rings is 1. The van der Waals surface area contributed by atoms with Gasteiger partial charge in [0.05, 0.1) is 6.10 Å². The molecule has 0 radical (unpaired) electrons. The van der Waals surface area contributed by atoms with Crippen LogP contribution in [0.5, 0.6) is 0 Å². The predicted octanol–water partition coefficient (Wildman–Crippen LogP) is 2.56. The van der Waals surface area contributed by atoms with Crippen molar-refractivity contribution in [2.75, 3.05) is 13.7 Å². The van der Waals surface area contributed by atoms with Gasteiger partial charge in [-0.2, -0.15) is 17.4 Å². The molecule has 24 heavy (non-hydrogen) atoms. The van der Waals surface area contributed by atoms with E-state index in [0.717, 1.165) is 10.7 Å².